The maximum absolute atomic E-state index is 11.8. The quantitative estimate of drug-likeness (QED) is 0.510. The van der Waals surface area contributed by atoms with Crippen molar-refractivity contribution in [1.29, 1.82) is 0 Å². The van der Waals surface area contributed by atoms with Gasteiger partial charge in [-0.3, -0.25) is 19.7 Å². The van der Waals surface area contributed by atoms with E-state index in [1.807, 2.05) is 0 Å². The summed E-state index contributed by atoms with van der Waals surface area (Å²) in [5.74, 6) is -0.0367. The number of benzene rings is 1. The first kappa shape index (κ1) is 14.0. The lowest BCUT2D eigenvalue weighted by molar-refractivity contribution is -0.384. The van der Waals surface area contributed by atoms with Crippen LogP contribution in [-0.2, 0) is 4.79 Å². The van der Waals surface area contributed by atoms with Gasteiger partial charge >= 0.3 is 0 Å². The molecule has 1 saturated heterocycles. The first-order valence-corrected chi connectivity index (χ1v) is 6.30. The maximum Gasteiger partial charge on any atom is 0.270 e. The van der Waals surface area contributed by atoms with Crippen LogP contribution in [0.4, 0.5) is 5.69 Å². The van der Waals surface area contributed by atoms with Crippen molar-refractivity contribution in [2.75, 3.05) is 6.54 Å². The van der Waals surface area contributed by atoms with Crippen molar-refractivity contribution in [3.05, 3.63) is 33.9 Å². The molecule has 7 nitrogen and oxygen atoms in total. The Morgan fingerprint density at radius 1 is 1.40 bits per heavy atom. The average molecular weight is 278 g/mol. The molecule has 1 aromatic rings. The first-order valence-electron chi connectivity index (χ1n) is 6.30. The van der Waals surface area contributed by atoms with Crippen molar-refractivity contribution in [1.82, 2.24) is 5.32 Å². The van der Waals surface area contributed by atoms with E-state index < -0.39 is 11.0 Å². The van der Waals surface area contributed by atoms with E-state index in [4.69, 9.17) is 4.74 Å². The molecule has 0 spiro atoms. The molecule has 1 atom stereocenters. The molecule has 0 saturated carbocycles. The van der Waals surface area contributed by atoms with Crippen LogP contribution in [0.15, 0.2) is 18.2 Å². The normalized spacial score (nSPS) is 18.8. The second kappa shape index (κ2) is 6.14. The van der Waals surface area contributed by atoms with Gasteiger partial charge in [-0.25, -0.2) is 0 Å². The zero-order valence-electron chi connectivity index (χ0n) is 10.7. The number of ether oxygens (including phenoxy) is 1. The third-order valence-electron chi connectivity index (χ3n) is 3.09. The van der Waals surface area contributed by atoms with Gasteiger partial charge in [0.2, 0.25) is 0 Å². The second-order valence-corrected chi connectivity index (χ2v) is 4.49. The third kappa shape index (κ3) is 3.11. The smallest absolute Gasteiger partial charge is 0.270 e. The number of non-ortho nitro benzene ring substituents is 1. The zero-order chi connectivity index (χ0) is 14.5. The summed E-state index contributed by atoms with van der Waals surface area (Å²) in [5, 5.41) is 13.4. The lowest BCUT2D eigenvalue weighted by atomic mass is 10.1. The number of nitrogens with one attached hydrogen (secondary N) is 1. The van der Waals surface area contributed by atoms with E-state index in [-0.39, 0.29) is 22.9 Å². The minimum Gasteiger partial charge on any atom is -0.480 e. The van der Waals surface area contributed by atoms with Crippen molar-refractivity contribution in [2.45, 2.75) is 25.4 Å². The van der Waals surface area contributed by atoms with Gasteiger partial charge in [-0.1, -0.05) is 0 Å². The van der Waals surface area contributed by atoms with E-state index in [2.05, 4.69) is 5.32 Å². The van der Waals surface area contributed by atoms with Gasteiger partial charge in [-0.05, 0) is 25.3 Å². The topological polar surface area (TPSA) is 98.5 Å². The molecule has 0 aromatic heterocycles. The van der Waals surface area contributed by atoms with Crippen LogP contribution in [0, 0.1) is 10.1 Å². The summed E-state index contributed by atoms with van der Waals surface area (Å²) in [6.45, 7) is 0.611. The highest BCUT2D eigenvalue weighted by molar-refractivity contribution is 5.83. The summed E-state index contributed by atoms with van der Waals surface area (Å²) in [7, 11) is 0. The summed E-state index contributed by atoms with van der Waals surface area (Å²) in [6.07, 6.45) is 2.09. The maximum atomic E-state index is 11.8. The third-order valence-corrected chi connectivity index (χ3v) is 3.09. The van der Waals surface area contributed by atoms with Gasteiger partial charge in [0.05, 0.1) is 10.5 Å². The van der Waals surface area contributed by atoms with E-state index >= 15 is 0 Å². The predicted octanol–water partition coefficient (Wildman–Crippen LogP) is 1.45. The number of nitro benzene ring substituents is 1. The summed E-state index contributed by atoms with van der Waals surface area (Å²) in [5.41, 5.74) is -0.124. The van der Waals surface area contributed by atoms with Crippen LogP contribution in [0.1, 0.15) is 29.6 Å². The molecule has 1 aliphatic rings. The Labute approximate surface area is 115 Å². The van der Waals surface area contributed by atoms with Crippen LogP contribution in [-0.4, -0.2) is 29.8 Å². The highest BCUT2D eigenvalue weighted by Crippen LogP contribution is 2.25. The molecule has 0 bridgehead atoms. The first-order chi connectivity index (χ1) is 9.61. The number of rotatable bonds is 4. The molecule has 0 radical (unpaired) electrons. The van der Waals surface area contributed by atoms with Gasteiger partial charge in [-0.2, -0.15) is 0 Å². The number of nitrogens with zero attached hydrogens (tertiary/aromatic N) is 1. The minimum atomic E-state index is -0.669. The molecule has 106 valence electrons. The summed E-state index contributed by atoms with van der Waals surface area (Å²) >= 11 is 0. The van der Waals surface area contributed by atoms with Crippen molar-refractivity contribution in [3.63, 3.8) is 0 Å². The second-order valence-electron chi connectivity index (χ2n) is 4.49. The SMILES string of the molecule is O=Cc1cc([N+](=O)[O-])ccc1OC1CCCCNC1=O. The molecule has 1 aliphatic heterocycles. The van der Waals surface area contributed by atoms with Crippen LogP contribution < -0.4 is 10.1 Å². The van der Waals surface area contributed by atoms with Crippen molar-refractivity contribution in [3.8, 4) is 5.75 Å². The number of nitro groups is 1. The van der Waals surface area contributed by atoms with Gasteiger partial charge in [0.1, 0.15) is 5.75 Å². The largest absolute Gasteiger partial charge is 0.480 e. The van der Waals surface area contributed by atoms with Crippen LogP contribution in [0.2, 0.25) is 0 Å². The van der Waals surface area contributed by atoms with E-state index in [1.165, 1.54) is 12.1 Å². The molecule has 1 fully saturated rings. The summed E-state index contributed by atoms with van der Waals surface area (Å²) < 4.78 is 5.54. The highest BCUT2D eigenvalue weighted by Gasteiger charge is 2.23. The van der Waals surface area contributed by atoms with E-state index in [1.54, 1.807) is 0 Å². The van der Waals surface area contributed by atoms with Gasteiger partial charge in [-0.15, -0.1) is 0 Å². The zero-order valence-corrected chi connectivity index (χ0v) is 10.7. The lowest BCUT2D eigenvalue weighted by Gasteiger charge is -2.16. The molecule has 7 heteroatoms. The van der Waals surface area contributed by atoms with E-state index in [0.717, 1.165) is 18.9 Å². The Bertz CT molecular complexity index is 544. The number of hydrogen-bond donors (Lipinski definition) is 1. The summed E-state index contributed by atoms with van der Waals surface area (Å²) in [6, 6.07) is 3.73. The minimum absolute atomic E-state index is 0.0660. The molecule has 20 heavy (non-hydrogen) atoms. The fourth-order valence-corrected chi connectivity index (χ4v) is 2.03. The van der Waals surface area contributed by atoms with Gasteiger partial charge in [0.25, 0.3) is 11.6 Å². The van der Waals surface area contributed by atoms with Gasteiger partial charge in [0, 0.05) is 18.7 Å². The monoisotopic (exact) mass is 278 g/mol. The van der Waals surface area contributed by atoms with Crippen LogP contribution in [0.3, 0.4) is 0 Å². The standard InChI is InChI=1S/C13H14N2O5/c16-8-9-7-10(15(18)19)4-5-11(9)20-12-3-1-2-6-14-13(12)17/h4-5,7-8,12H,1-3,6H2,(H,14,17). The molecule has 0 aliphatic carbocycles. The van der Waals surface area contributed by atoms with Crippen molar-refractivity contribution < 1.29 is 19.2 Å². The molecule has 1 N–H and O–H groups in total. The fraction of sp³-hybridized carbons (Fsp3) is 0.385. The number of aldehydes is 1. The molecule has 1 aromatic carbocycles. The van der Waals surface area contributed by atoms with Crippen molar-refractivity contribution in [2.24, 2.45) is 0 Å². The van der Waals surface area contributed by atoms with Crippen molar-refractivity contribution >= 4 is 17.9 Å². The molecule has 1 heterocycles. The van der Waals surface area contributed by atoms with E-state index in [0.29, 0.717) is 19.3 Å². The average Bonchev–Trinajstić information content (AvgIpc) is 2.64. The van der Waals surface area contributed by atoms with E-state index in [9.17, 15) is 19.7 Å². The predicted molar refractivity (Wildman–Crippen MR) is 69.8 cm³/mol. The Balaban J connectivity index is 2.21. The Morgan fingerprint density at radius 2 is 2.20 bits per heavy atom. The van der Waals surface area contributed by atoms with Gasteiger partial charge in [0.15, 0.2) is 12.4 Å². The molecule has 2 rings (SSSR count). The van der Waals surface area contributed by atoms with Crippen LogP contribution in [0.5, 0.6) is 5.75 Å². The fourth-order valence-electron chi connectivity index (χ4n) is 2.03. The lowest BCUT2D eigenvalue weighted by Crippen LogP contribution is -2.36. The number of carbonyl (C=O) groups is 2. The van der Waals surface area contributed by atoms with Crippen LogP contribution >= 0.6 is 0 Å². The molecule has 1 unspecified atom stereocenters. The van der Waals surface area contributed by atoms with Crippen LogP contribution in [0.25, 0.3) is 0 Å². The number of carbonyl (C=O) groups excluding carboxylic acids is 2. The Kier molecular flexibility index (Phi) is 4.29. The molecule has 1 amide bonds. The summed E-state index contributed by atoms with van der Waals surface area (Å²) in [4.78, 5) is 32.8. The number of hydrogen-bond acceptors (Lipinski definition) is 5. The Hall–Kier alpha value is -2.44. The Morgan fingerprint density at radius 3 is 2.90 bits per heavy atom. The molecular formula is C13H14N2O5. The highest BCUT2D eigenvalue weighted by atomic mass is 16.6. The molecular weight excluding hydrogens is 264 g/mol. The van der Waals surface area contributed by atoms with Gasteiger partial charge < -0.3 is 10.1 Å². The number of amides is 1.